The van der Waals surface area contributed by atoms with Crippen molar-refractivity contribution in [1.29, 1.82) is 0 Å². The van der Waals surface area contributed by atoms with Crippen LogP contribution in [0.5, 0.6) is 0 Å². The maximum Gasteiger partial charge on any atom is 0.00683 e. The molecule has 0 aliphatic heterocycles. The van der Waals surface area contributed by atoms with Gasteiger partial charge in [-0.2, -0.15) is 0 Å². The van der Waals surface area contributed by atoms with E-state index in [9.17, 15) is 0 Å². The second-order valence-corrected chi connectivity index (χ2v) is 6.55. The molecule has 1 heteroatoms. The van der Waals surface area contributed by atoms with Crippen LogP contribution in [0.2, 0.25) is 0 Å². The molecule has 1 aliphatic carbocycles. The van der Waals surface area contributed by atoms with Crippen LogP contribution in [0.1, 0.15) is 85.0 Å². The van der Waals surface area contributed by atoms with E-state index in [0.29, 0.717) is 0 Å². The van der Waals surface area contributed by atoms with Gasteiger partial charge in [0.15, 0.2) is 0 Å². The quantitative estimate of drug-likeness (QED) is 0.474. The summed E-state index contributed by atoms with van der Waals surface area (Å²) in [5.74, 6) is 1.75. The van der Waals surface area contributed by atoms with Crippen LogP contribution < -0.4 is 5.32 Å². The Balaban J connectivity index is 1.86. The van der Waals surface area contributed by atoms with Gasteiger partial charge in [0.25, 0.3) is 0 Å². The summed E-state index contributed by atoms with van der Waals surface area (Å²) < 4.78 is 0. The van der Waals surface area contributed by atoms with Crippen LogP contribution in [-0.2, 0) is 0 Å². The predicted octanol–water partition coefficient (Wildman–Crippen LogP) is 5.15. The molecule has 0 spiro atoms. The van der Waals surface area contributed by atoms with Gasteiger partial charge in [0.05, 0.1) is 0 Å². The van der Waals surface area contributed by atoms with E-state index in [1.165, 1.54) is 70.8 Å². The molecule has 1 nitrogen and oxygen atoms in total. The Bertz CT molecular complexity index is 186. The van der Waals surface area contributed by atoms with E-state index >= 15 is 0 Å². The van der Waals surface area contributed by atoms with Gasteiger partial charge < -0.3 is 5.32 Å². The minimum absolute atomic E-state index is 0.852. The number of unbranched alkanes of at least 4 members (excludes halogenated alkanes) is 6. The monoisotopic (exact) mass is 253 g/mol. The molecule has 0 aromatic carbocycles. The Morgan fingerprint density at radius 1 is 0.889 bits per heavy atom. The molecule has 0 saturated heterocycles. The van der Waals surface area contributed by atoms with E-state index in [2.05, 4.69) is 26.1 Å². The molecule has 0 aromatic heterocycles. The topological polar surface area (TPSA) is 12.0 Å². The molecule has 2 unspecified atom stereocenters. The Morgan fingerprint density at radius 2 is 1.50 bits per heavy atom. The third-order valence-electron chi connectivity index (χ3n) is 4.54. The van der Waals surface area contributed by atoms with Crippen molar-refractivity contribution >= 4 is 0 Å². The number of rotatable bonds is 12. The van der Waals surface area contributed by atoms with Gasteiger partial charge in [-0.3, -0.25) is 0 Å². The zero-order chi connectivity index (χ0) is 13.2. The van der Waals surface area contributed by atoms with Crippen LogP contribution in [0, 0.1) is 11.8 Å². The molecule has 1 N–H and O–H groups in total. The van der Waals surface area contributed by atoms with Crippen molar-refractivity contribution in [2.45, 2.75) is 91.0 Å². The predicted molar refractivity (Wildman–Crippen MR) is 82.0 cm³/mol. The summed E-state index contributed by atoms with van der Waals surface area (Å²) in [7, 11) is 0. The molecule has 1 saturated carbocycles. The first-order valence-corrected chi connectivity index (χ1v) is 8.47. The standard InChI is InChI=1S/C17H35N/c1-4-5-6-7-8-9-10-11-15(2)16(3)14-18-17-12-13-17/h15-18H,4-14H2,1-3H3. The first-order valence-electron chi connectivity index (χ1n) is 8.47. The van der Waals surface area contributed by atoms with Gasteiger partial charge in [-0.15, -0.1) is 0 Å². The third-order valence-corrected chi connectivity index (χ3v) is 4.54. The highest BCUT2D eigenvalue weighted by Gasteiger charge is 2.22. The lowest BCUT2D eigenvalue weighted by molar-refractivity contribution is 0.335. The van der Waals surface area contributed by atoms with Crippen LogP contribution >= 0.6 is 0 Å². The van der Waals surface area contributed by atoms with Crippen molar-refractivity contribution in [3.05, 3.63) is 0 Å². The van der Waals surface area contributed by atoms with E-state index in [0.717, 1.165) is 17.9 Å². The summed E-state index contributed by atoms with van der Waals surface area (Å²) in [6, 6.07) is 0.873. The van der Waals surface area contributed by atoms with E-state index in [-0.39, 0.29) is 0 Å². The number of hydrogen-bond acceptors (Lipinski definition) is 1. The Morgan fingerprint density at radius 3 is 2.11 bits per heavy atom. The normalized spacial score (nSPS) is 18.8. The zero-order valence-corrected chi connectivity index (χ0v) is 13.0. The van der Waals surface area contributed by atoms with Crippen LogP contribution in [-0.4, -0.2) is 12.6 Å². The Hall–Kier alpha value is -0.0400. The van der Waals surface area contributed by atoms with Crippen LogP contribution in [0.25, 0.3) is 0 Å². The minimum atomic E-state index is 0.852. The zero-order valence-electron chi connectivity index (χ0n) is 13.0. The molecular formula is C17H35N. The molecule has 0 aromatic rings. The molecule has 2 atom stereocenters. The summed E-state index contributed by atoms with van der Waals surface area (Å²) in [5, 5.41) is 3.66. The van der Waals surface area contributed by atoms with Crippen molar-refractivity contribution in [2.75, 3.05) is 6.54 Å². The molecule has 0 bridgehead atoms. The van der Waals surface area contributed by atoms with E-state index < -0.39 is 0 Å². The van der Waals surface area contributed by atoms with Crippen molar-refractivity contribution in [3.8, 4) is 0 Å². The van der Waals surface area contributed by atoms with Crippen molar-refractivity contribution in [1.82, 2.24) is 5.32 Å². The van der Waals surface area contributed by atoms with Crippen LogP contribution in [0.4, 0.5) is 0 Å². The molecule has 1 rings (SSSR count). The molecular weight excluding hydrogens is 218 g/mol. The summed E-state index contributed by atoms with van der Waals surface area (Å²) >= 11 is 0. The molecule has 108 valence electrons. The fraction of sp³-hybridized carbons (Fsp3) is 1.00. The van der Waals surface area contributed by atoms with Gasteiger partial charge in [-0.25, -0.2) is 0 Å². The third kappa shape index (κ3) is 8.13. The van der Waals surface area contributed by atoms with E-state index in [1.807, 2.05) is 0 Å². The SMILES string of the molecule is CCCCCCCCCC(C)C(C)CNC1CC1. The maximum atomic E-state index is 3.66. The Labute approximate surface area is 115 Å². The first-order chi connectivity index (χ1) is 8.74. The fourth-order valence-electron chi connectivity index (χ4n) is 2.55. The van der Waals surface area contributed by atoms with Gasteiger partial charge in [0, 0.05) is 6.04 Å². The Kier molecular flexibility index (Phi) is 8.75. The van der Waals surface area contributed by atoms with Crippen molar-refractivity contribution in [3.63, 3.8) is 0 Å². The van der Waals surface area contributed by atoms with Crippen molar-refractivity contribution < 1.29 is 0 Å². The summed E-state index contributed by atoms with van der Waals surface area (Å²) in [5.41, 5.74) is 0. The van der Waals surface area contributed by atoms with Gasteiger partial charge in [0.1, 0.15) is 0 Å². The average molecular weight is 253 g/mol. The second-order valence-electron chi connectivity index (χ2n) is 6.55. The molecule has 1 fully saturated rings. The highest BCUT2D eigenvalue weighted by molar-refractivity contribution is 4.81. The number of nitrogens with one attached hydrogen (secondary N) is 1. The largest absolute Gasteiger partial charge is 0.314 e. The summed E-state index contributed by atoms with van der Waals surface area (Å²) in [4.78, 5) is 0. The highest BCUT2D eigenvalue weighted by Crippen LogP contribution is 2.22. The summed E-state index contributed by atoms with van der Waals surface area (Å²) in [6.07, 6.45) is 14.3. The lowest BCUT2D eigenvalue weighted by Crippen LogP contribution is -2.26. The van der Waals surface area contributed by atoms with Crippen LogP contribution in [0.15, 0.2) is 0 Å². The fourth-order valence-corrected chi connectivity index (χ4v) is 2.55. The maximum absolute atomic E-state index is 3.66. The lowest BCUT2D eigenvalue weighted by atomic mass is 9.90. The van der Waals surface area contributed by atoms with Gasteiger partial charge in [-0.1, -0.05) is 72.1 Å². The average Bonchev–Trinajstić information content (AvgIpc) is 3.18. The molecule has 0 radical (unpaired) electrons. The molecule has 18 heavy (non-hydrogen) atoms. The van der Waals surface area contributed by atoms with Gasteiger partial charge in [0.2, 0.25) is 0 Å². The summed E-state index contributed by atoms with van der Waals surface area (Å²) in [6.45, 7) is 8.39. The molecule has 0 heterocycles. The van der Waals surface area contributed by atoms with E-state index in [4.69, 9.17) is 0 Å². The van der Waals surface area contributed by atoms with Gasteiger partial charge >= 0.3 is 0 Å². The highest BCUT2D eigenvalue weighted by atomic mass is 14.9. The number of hydrogen-bond donors (Lipinski definition) is 1. The van der Waals surface area contributed by atoms with E-state index in [1.54, 1.807) is 0 Å². The smallest absolute Gasteiger partial charge is 0.00683 e. The molecule has 1 aliphatic rings. The van der Waals surface area contributed by atoms with Gasteiger partial charge in [-0.05, 0) is 31.2 Å². The first kappa shape index (κ1) is 16.0. The second kappa shape index (κ2) is 9.83. The molecule has 0 amide bonds. The lowest BCUT2D eigenvalue weighted by Gasteiger charge is -2.20. The van der Waals surface area contributed by atoms with Crippen molar-refractivity contribution in [2.24, 2.45) is 11.8 Å². The minimum Gasteiger partial charge on any atom is -0.314 e. The van der Waals surface area contributed by atoms with Crippen LogP contribution in [0.3, 0.4) is 0 Å².